The van der Waals surface area contributed by atoms with Gasteiger partial charge < -0.3 is 15.3 Å². The fourth-order valence-electron chi connectivity index (χ4n) is 2.88. The SMILES string of the molecule is CC(O)CCNC(=O)C1CCN(c2nc3ccccc3s2)CC1. The van der Waals surface area contributed by atoms with Gasteiger partial charge in [0.2, 0.25) is 5.91 Å². The van der Waals surface area contributed by atoms with Crippen molar-refractivity contribution in [3.05, 3.63) is 24.3 Å². The van der Waals surface area contributed by atoms with Crippen molar-refractivity contribution in [3.63, 3.8) is 0 Å². The molecule has 23 heavy (non-hydrogen) atoms. The molecule has 2 heterocycles. The van der Waals surface area contributed by atoms with E-state index in [1.807, 2.05) is 18.2 Å². The summed E-state index contributed by atoms with van der Waals surface area (Å²) in [7, 11) is 0. The first kappa shape index (κ1) is 16.2. The smallest absolute Gasteiger partial charge is 0.223 e. The van der Waals surface area contributed by atoms with Gasteiger partial charge in [-0.05, 0) is 38.3 Å². The molecule has 1 aromatic heterocycles. The monoisotopic (exact) mass is 333 g/mol. The summed E-state index contributed by atoms with van der Waals surface area (Å²) in [5.41, 5.74) is 1.05. The van der Waals surface area contributed by atoms with Crippen LogP contribution in [0.3, 0.4) is 0 Å². The molecule has 0 saturated carbocycles. The zero-order chi connectivity index (χ0) is 16.2. The lowest BCUT2D eigenvalue weighted by Crippen LogP contribution is -2.41. The van der Waals surface area contributed by atoms with Crippen LogP contribution < -0.4 is 10.2 Å². The average molecular weight is 333 g/mol. The third-order valence-electron chi connectivity index (χ3n) is 4.28. The first-order valence-electron chi connectivity index (χ1n) is 8.20. The number of carbonyl (C=O) groups is 1. The van der Waals surface area contributed by atoms with Crippen LogP contribution in [0, 0.1) is 5.92 Å². The molecule has 6 heteroatoms. The first-order valence-corrected chi connectivity index (χ1v) is 9.01. The topological polar surface area (TPSA) is 65.5 Å². The summed E-state index contributed by atoms with van der Waals surface area (Å²) in [4.78, 5) is 19.1. The zero-order valence-electron chi connectivity index (χ0n) is 13.4. The number of thiazole rings is 1. The van der Waals surface area contributed by atoms with Gasteiger partial charge in [-0.1, -0.05) is 23.5 Å². The Morgan fingerprint density at radius 3 is 2.87 bits per heavy atom. The lowest BCUT2D eigenvalue weighted by atomic mass is 9.96. The molecule has 0 aliphatic carbocycles. The van der Waals surface area contributed by atoms with Crippen LogP contribution in [0.2, 0.25) is 0 Å². The minimum absolute atomic E-state index is 0.0784. The molecule has 1 fully saturated rings. The Balaban J connectivity index is 1.52. The summed E-state index contributed by atoms with van der Waals surface area (Å²) < 4.78 is 1.21. The Morgan fingerprint density at radius 2 is 2.17 bits per heavy atom. The van der Waals surface area contributed by atoms with E-state index in [2.05, 4.69) is 16.3 Å². The van der Waals surface area contributed by atoms with Crippen LogP contribution in [0.15, 0.2) is 24.3 Å². The van der Waals surface area contributed by atoms with E-state index in [9.17, 15) is 9.90 Å². The van der Waals surface area contributed by atoms with E-state index in [4.69, 9.17) is 4.98 Å². The molecule has 2 N–H and O–H groups in total. The quantitative estimate of drug-likeness (QED) is 0.882. The number of aliphatic hydroxyl groups excluding tert-OH is 1. The highest BCUT2D eigenvalue weighted by Crippen LogP contribution is 2.31. The number of rotatable bonds is 5. The lowest BCUT2D eigenvalue weighted by molar-refractivity contribution is -0.125. The number of fused-ring (bicyclic) bond motifs is 1. The van der Waals surface area contributed by atoms with Crippen molar-refractivity contribution in [2.45, 2.75) is 32.3 Å². The van der Waals surface area contributed by atoms with E-state index in [0.29, 0.717) is 13.0 Å². The van der Waals surface area contributed by atoms with Crippen LogP contribution in [0.4, 0.5) is 5.13 Å². The number of aromatic nitrogens is 1. The molecule has 1 atom stereocenters. The summed E-state index contributed by atoms with van der Waals surface area (Å²) in [5, 5.41) is 13.2. The van der Waals surface area contributed by atoms with Gasteiger partial charge in [0, 0.05) is 25.6 Å². The molecule has 1 unspecified atom stereocenters. The summed E-state index contributed by atoms with van der Waals surface area (Å²) in [6, 6.07) is 8.18. The van der Waals surface area contributed by atoms with Gasteiger partial charge >= 0.3 is 0 Å². The maximum absolute atomic E-state index is 12.1. The van der Waals surface area contributed by atoms with Gasteiger partial charge in [0.1, 0.15) is 0 Å². The minimum Gasteiger partial charge on any atom is -0.393 e. The van der Waals surface area contributed by atoms with E-state index >= 15 is 0 Å². The number of hydrogen-bond donors (Lipinski definition) is 2. The zero-order valence-corrected chi connectivity index (χ0v) is 14.2. The van der Waals surface area contributed by atoms with Crippen molar-refractivity contribution < 1.29 is 9.90 Å². The number of para-hydroxylation sites is 1. The number of anilines is 1. The van der Waals surface area contributed by atoms with E-state index in [-0.39, 0.29) is 17.9 Å². The van der Waals surface area contributed by atoms with Gasteiger partial charge in [0.25, 0.3) is 0 Å². The van der Waals surface area contributed by atoms with Gasteiger partial charge in [0.05, 0.1) is 16.3 Å². The number of hydrogen-bond acceptors (Lipinski definition) is 5. The average Bonchev–Trinajstić information content (AvgIpc) is 2.98. The van der Waals surface area contributed by atoms with Crippen molar-refractivity contribution in [1.82, 2.24) is 10.3 Å². The second kappa shape index (κ2) is 7.27. The number of nitrogens with zero attached hydrogens (tertiary/aromatic N) is 2. The molecule has 1 amide bonds. The second-order valence-electron chi connectivity index (χ2n) is 6.15. The van der Waals surface area contributed by atoms with Crippen LogP contribution in [-0.2, 0) is 4.79 Å². The lowest BCUT2D eigenvalue weighted by Gasteiger charge is -2.31. The number of aliphatic hydroxyl groups is 1. The summed E-state index contributed by atoms with van der Waals surface area (Å²) in [5.74, 6) is 0.198. The van der Waals surface area contributed by atoms with E-state index < -0.39 is 0 Å². The highest BCUT2D eigenvalue weighted by molar-refractivity contribution is 7.22. The predicted octanol–water partition coefficient (Wildman–Crippen LogP) is 2.40. The van der Waals surface area contributed by atoms with Gasteiger partial charge in [-0.2, -0.15) is 0 Å². The van der Waals surface area contributed by atoms with Crippen LogP contribution >= 0.6 is 11.3 Å². The molecule has 3 rings (SSSR count). The van der Waals surface area contributed by atoms with Gasteiger partial charge in [-0.15, -0.1) is 0 Å². The third kappa shape index (κ3) is 4.00. The van der Waals surface area contributed by atoms with Gasteiger partial charge in [-0.25, -0.2) is 4.98 Å². The molecule has 2 aromatic rings. The van der Waals surface area contributed by atoms with Crippen LogP contribution in [-0.4, -0.2) is 41.7 Å². The Hall–Kier alpha value is -1.66. The Bertz CT molecular complexity index is 630. The van der Waals surface area contributed by atoms with Crippen molar-refractivity contribution in [2.24, 2.45) is 5.92 Å². The Kier molecular flexibility index (Phi) is 5.13. The Labute approximate surface area is 140 Å². The van der Waals surface area contributed by atoms with Crippen LogP contribution in [0.5, 0.6) is 0 Å². The molecular formula is C17H23N3O2S. The number of benzene rings is 1. The molecule has 124 valence electrons. The molecule has 0 spiro atoms. The number of piperidine rings is 1. The largest absolute Gasteiger partial charge is 0.393 e. The van der Waals surface area contributed by atoms with Crippen molar-refractivity contribution >= 4 is 32.6 Å². The predicted molar refractivity (Wildman–Crippen MR) is 93.9 cm³/mol. The number of carbonyl (C=O) groups excluding carboxylic acids is 1. The van der Waals surface area contributed by atoms with Crippen molar-refractivity contribution in [3.8, 4) is 0 Å². The number of nitrogens with one attached hydrogen (secondary N) is 1. The fraction of sp³-hybridized carbons (Fsp3) is 0.529. The van der Waals surface area contributed by atoms with Crippen molar-refractivity contribution in [1.29, 1.82) is 0 Å². The van der Waals surface area contributed by atoms with E-state index in [0.717, 1.165) is 36.6 Å². The molecule has 1 aliphatic heterocycles. The first-order chi connectivity index (χ1) is 11.1. The molecule has 1 aromatic carbocycles. The molecular weight excluding hydrogens is 310 g/mol. The van der Waals surface area contributed by atoms with Gasteiger partial charge in [0.15, 0.2) is 5.13 Å². The van der Waals surface area contributed by atoms with Gasteiger partial charge in [-0.3, -0.25) is 4.79 Å². The second-order valence-corrected chi connectivity index (χ2v) is 7.16. The highest BCUT2D eigenvalue weighted by Gasteiger charge is 2.26. The van der Waals surface area contributed by atoms with Crippen molar-refractivity contribution in [2.75, 3.05) is 24.5 Å². The number of amides is 1. The maximum Gasteiger partial charge on any atom is 0.223 e. The van der Waals surface area contributed by atoms with E-state index in [1.54, 1.807) is 18.3 Å². The van der Waals surface area contributed by atoms with Crippen LogP contribution in [0.1, 0.15) is 26.2 Å². The fourth-order valence-corrected chi connectivity index (χ4v) is 3.89. The molecule has 1 aliphatic rings. The van der Waals surface area contributed by atoms with E-state index in [1.165, 1.54) is 4.70 Å². The highest BCUT2D eigenvalue weighted by atomic mass is 32.1. The maximum atomic E-state index is 12.1. The summed E-state index contributed by atoms with van der Waals surface area (Å²) in [6.45, 7) is 4.03. The molecule has 5 nitrogen and oxygen atoms in total. The Morgan fingerprint density at radius 1 is 1.43 bits per heavy atom. The minimum atomic E-state index is -0.365. The van der Waals surface area contributed by atoms with Crippen LogP contribution in [0.25, 0.3) is 10.2 Å². The molecule has 1 saturated heterocycles. The standard InChI is InChI=1S/C17H23N3O2S/c1-12(21)6-9-18-16(22)13-7-10-20(11-8-13)17-19-14-4-2-3-5-15(14)23-17/h2-5,12-13,21H,6-11H2,1H3,(H,18,22). The summed E-state index contributed by atoms with van der Waals surface area (Å²) >= 11 is 1.72. The normalized spacial score (nSPS) is 17.4. The third-order valence-corrected chi connectivity index (χ3v) is 5.38. The molecule has 0 bridgehead atoms. The summed E-state index contributed by atoms with van der Waals surface area (Å²) in [6.07, 6.45) is 1.96. The molecule has 0 radical (unpaired) electrons.